The van der Waals surface area contributed by atoms with Crippen molar-refractivity contribution < 1.29 is 4.21 Å². The Kier molecular flexibility index (Phi) is 3.96. The molecule has 1 rings (SSSR count). The van der Waals surface area contributed by atoms with E-state index in [1.165, 1.54) is 19.3 Å². The summed E-state index contributed by atoms with van der Waals surface area (Å²) in [6.45, 7) is 6.82. The molecule has 0 radical (unpaired) electrons. The molecule has 78 valence electrons. The largest absolute Gasteiger partial charge is 0.260 e. The highest BCUT2D eigenvalue weighted by atomic mass is 32.2. The predicted molar refractivity (Wildman–Crippen MR) is 59.2 cm³/mol. The van der Waals surface area contributed by atoms with Crippen LogP contribution in [0.15, 0.2) is 0 Å². The Bertz CT molecular complexity index is 189. The average molecular weight is 202 g/mol. The molecule has 1 saturated carbocycles. The summed E-state index contributed by atoms with van der Waals surface area (Å²) in [5.74, 6) is 2.17. The fraction of sp³-hybridized carbons (Fsp3) is 1.00. The first-order chi connectivity index (χ1) is 6.02. The molecule has 1 aliphatic rings. The average Bonchev–Trinajstić information content (AvgIpc) is 2.03. The molecule has 0 aromatic rings. The maximum Gasteiger partial charge on any atom is 0.0378 e. The van der Waals surface area contributed by atoms with Crippen LogP contribution in [-0.2, 0) is 10.8 Å². The van der Waals surface area contributed by atoms with Crippen LogP contribution in [0.25, 0.3) is 0 Å². The van der Waals surface area contributed by atoms with E-state index in [1.54, 1.807) is 0 Å². The summed E-state index contributed by atoms with van der Waals surface area (Å²) < 4.78 is 11.6. The zero-order valence-corrected chi connectivity index (χ0v) is 10.1. The highest BCUT2D eigenvalue weighted by Crippen LogP contribution is 2.35. The Morgan fingerprint density at radius 3 is 2.38 bits per heavy atom. The van der Waals surface area contributed by atoms with E-state index < -0.39 is 10.8 Å². The van der Waals surface area contributed by atoms with Crippen molar-refractivity contribution in [2.75, 3.05) is 6.26 Å². The smallest absolute Gasteiger partial charge is 0.0378 e. The zero-order valence-electron chi connectivity index (χ0n) is 9.25. The second-order valence-electron chi connectivity index (χ2n) is 4.86. The van der Waals surface area contributed by atoms with Gasteiger partial charge in [0.05, 0.1) is 0 Å². The van der Waals surface area contributed by atoms with Gasteiger partial charge in [0.25, 0.3) is 0 Å². The van der Waals surface area contributed by atoms with Gasteiger partial charge in [-0.1, -0.05) is 27.2 Å². The third kappa shape index (κ3) is 2.80. The van der Waals surface area contributed by atoms with Crippen LogP contribution in [-0.4, -0.2) is 15.7 Å². The third-order valence-electron chi connectivity index (χ3n) is 3.39. The molecule has 0 spiro atoms. The van der Waals surface area contributed by atoms with Gasteiger partial charge in [0.1, 0.15) is 0 Å². The summed E-state index contributed by atoms with van der Waals surface area (Å²) in [7, 11) is -0.623. The SMILES string of the molecule is CC(C)[C@@H]1CC[C@@H](C)C[C@@H]1[S@@](C)=O. The van der Waals surface area contributed by atoms with Crippen LogP contribution in [0.4, 0.5) is 0 Å². The number of rotatable bonds is 2. The van der Waals surface area contributed by atoms with Gasteiger partial charge in [-0.05, 0) is 30.6 Å². The Labute approximate surface area is 84.8 Å². The first-order valence-electron chi connectivity index (χ1n) is 5.34. The van der Waals surface area contributed by atoms with E-state index >= 15 is 0 Å². The van der Waals surface area contributed by atoms with Crippen LogP contribution in [0.3, 0.4) is 0 Å². The minimum absolute atomic E-state index is 0.462. The molecule has 0 aromatic heterocycles. The molecule has 1 nitrogen and oxygen atoms in total. The van der Waals surface area contributed by atoms with Crippen molar-refractivity contribution in [1.29, 1.82) is 0 Å². The van der Waals surface area contributed by atoms with Gasteiger partial charge in [-0.15, -0.1) is 0 Å². The minimum Gasteiger partial charge on any atom is -0.260 e. The van der Waals surface area contributed by atoms with Gasteiger partial charge in [0.2, 0.25) is 0 Å². The molecule has 2 heteroatoms. The monoisotopic (exact) mass is 202 g/mol. The van der Waals surface area contributed by atoms with Crippen molar-refractivity contribution in [2.45, 2.75) is 45.3 Å². The Balaban J connectivity index is 2.66. The summed E-state index contributed by atoms with van der Waals surface area (Å²) in [6.07, 6.45) is 5.66. The van der Waals surface area contributed by atoms with Crippen LogP contribution < -0.4 is 0 Å². The van der Waals surface area contributed by atoms with E-state index in [-0.39, 0.29) is 0 Å². The maximum absolute atomic E-state index is 11.6. The zero-order chi connectivity index (χ0) is 10.0. The lowest BCUT2D eigenvalue weighted by atomic mass is 9.77. The quantitative estimate of drug-likeness (QED) is 0.673. The van der Waals surface area contributed by atoms with E-state index in [2.05, 4.69) is 20.8 Å². The molecular formula is C11H22OS. The van der Waals surface area contributed by atoms with Gasteiger partial charge in [-0.25, -0.2) is 0 Å². The van der Waals surface area contributed by atoms with Gasteiger partial charge in [-0.2, -0.15) is 0 Å². The molecule has 0 amide bonds. The molecule has 1 aliphatic carbocycles. The second kappa shape index (κ2) is 4.59. The van der Waals surface area contributed by atoms with E-state index in [9.17, 15) is 4.21 Å². The fourth-order valence-electron chi connectivity index (χ4n) is 2.50. The van der Waals surface area contributed by atoms with Gasteiger partial charge < -0.3 is 0 Å². The summed E-state index contributed by atoms with van der Waals surface area (Å²) in [5, 5.41) is 0.462. The highest BCUT2D eigenvalue weighted by Gasteiger charge is 2.32. The van der Waals surface area contributed by atoms with E-state index in [1.807, 2.05) is 6.26 Å². The van der Waals surface area contributed by atoms with E-state index in [4.69, 9.17) is 0 Å². The van der Waals surface area contributed by atoms with E-state index in [0.29, 0.717) is 17.1 Å². The number of hydrogen-bond donors (Lipinski definition) is 0. The maximum atomic E-state index is 11.6. The standard InChI is InChI=1S/C11H22OS/c1-8(2)10-6-5-9(3)7-11(10)13(4)12/h8-11H,5-7H2,1-4H3/t9-,10+,11+,13-/m1/s1. The Hall–Kier alpha value is 0.150. The van der Waals surface area contributed by atoms with Crippen molar-refractivity contribution in [3.63, 3.8) is 0 Å². The number of hydrogen-bond acceptors (Lipinski definition) is 1. The summed E-state index contributed by atoms with van der Waals surface area (Å²) in [4.78, 5) is 0. The van der Waals surface area contributed by atoms with Crippen LogP contribution in [0.2, 0.25) is 0 Å². The van der Waals surface area contributed by atoms with Crippen LogP contribution in [0, 0.1) is 17.8 Å². The Morgan fingerprint density at radius 1 is 1.31 bits per heavy atom. The lowest BCUT2D eigenvalue weighted by Crippen LogP contribution is -2.34. The van der Waals surface area contributed by atoms with Crippen molar-refractivity contribution in [2.24, 2.45) is 17.8 Å². The van der Waals surface area contributed by atoms with Gasteiger partial charge in [0.15, 0.2) is 0 Å². The molecule has 0 unspecified atom stereocenters. The first-order valence-corrected chi connectivity index (χ1v) is 6.96. The summed E-state index contributed by atoms with van der Waals surface area (Å²) in [6, 6.07) is 0. The molecule has 0 heterocycles. The minimum atomic E-state index is -0.623. The van der Waals surface area contributed by atoms with Gasteiger partial charge >= 0.3 is 0 Å². The molecule has 0 bridgehead atoms. The fourth-order valence-corrected chi connectivity index (χ4v) is 4.04. The topological polar surface area (TPSA) is 17.1 Å². The molecule has 0 saturated heterocycles. The molecule has 0 aliphatic heterocycles. The van der Waals surface area contributed by atoms with Crippen LogP contribution >= 0.6 is 0 Å². The summed E-state index contributed by atoms with van der Waals surface area (Å²) >= 11 is 0. The normalized spacial score (nSPS) is 37.8. The molecule has 0 aromatic carbocycles. The lowest BCUT2D eigenvalue weighted by Gasteiger charge is -2.35. The third-order valence-corrected chi connectivity index (χ3v) is 4.78. The molecule has 1 fully saturated rings. The van der Waals surface area contributed by atoms with Gasteiger partial charge in [-0.3, -0.25) is 4.21 Å². The van der Waals surface area contributed by atoms with Crippen molar-refractivity contribution in [1.82, 2.24) is 0 Å². The molecule has 0 N–H and O–H groups in total. The van der Waals surface area contributed by atoms with Crippen LogP contribution in [0.1, 0.15) is 40.0 Å². The molecule has 4 atom stereocenters. The van der Waals surface area contributed by atoms with Crippen molar-refractivity contribution >= 4 is 10.8 Å². The second-order valence-corrected chi connectivity index (χ2v) is 6.47. The first kappa shape index (κ1) is 11.2. The van der Waals surface area contributed by atoms with Gasteiger partial charge in [0, 0.05) is 22.3 Å². The predicted octanol–water partition coefficient (Wildman–Crippen LogP) is 2.83. The van der Waals surface area contributed by atoms with Crippen molar-refractivity contribution in [3.05, 3.63) is 0 Å². The lowest BCUT2D eigenvalue weighted by molar-refractivity contribution is 0.241. The van der Waals surface area contributed by atoms with E-state index in [0.717, 1.165) is 5.92 Å². The Morgan fingerprint density at radius 2 is 1.92 bits per heavy atom. The summed E-state index contributed by atoms with van der Waals surface area (Å²) in [5.41, 5.74) is 0. The van der Waals surface area contributed by atoms with Crippen LogP contribution in [0.5, 0.6) is 0 Å². The highest BCUT2D eigenvalue weighted by molar-refractivity contribution is 7.84. The molecular weight excluding hydrogens is 180 g/mol. The molecule has 13 heavy (non-hydrogen) atoms. The van der Waals surface area contributed by atoms with Crippen molar-refractivity contribution in [3.8, 4) is 0 Å².